The number of fused-ring (bicyclic) bond motifs is 4. The first-order chi connectivity index (χ1) is 21.2. The van der Waals surface area contributed by atoms with Crippen LogP contribution in [0, 0.1) is 12.8 Å². The largest absolute Gasteiger partial charge is 0.446 e. The molecule has 0 radical (unpaired) electrons. The van der Waals surface area contributed by atoms with Gasteiger partial charge >= 0.3 is 0 Å². The van der Waals surface area contributed by atoms with E-state index in [1.54, 1.807) is 13.8 Å². The minimum Gasteiger partial charge on any atom is -0.446 e. The van der Waals surface area contributed by atoms with Crippen molar-refractivity contribution in [2.75, 3.05) is 13.1 Å². The Balaban J connectivity index is 1.54. The van der Waals surface area contributed by atoms with Crippen LogP contribution in [0.2, 0.25) is 0 Å². The third-order valence-electron chi connectivity index (χ3n) is 7.41. The van der Waals surface area contributed by atoms with Gasteiger partial charge in [0.05, 0.1) is 12.6 Å². The quantitative estimate of drug-likeness (QED) is 0.301. The monoisotopic (exact) mass is 598 g/mol. The van der Waals surface area contributed by atoms with Crippen LogP contribution in [0.5, 0.6) is 0 Å². The van der Waals surface area contributed by atoms with Crippen LogP contribution in [0.4, 0.5) is 0 Å². The van der Waals surface area contributed by atoms with Crippen LogP contribution >= 0.6 is 0 Å². The first-order valence-corrected chi connectivity index (χ1v) is 14.8. The smallest absolute Gasteiger partial charge is 0.274 e. The second-order valence-corrected chi connectivity index (χ2v) is 11.6. The highest BCUT2D eigenvalue weighted by molar-refractivity contribution is 5.94. The van der Waals surface area contributed by atoms with E-state index in [9.17, 15) is 14.4 Å². The van der Waals surface area contributed by atoms with Gasteiger partial charge in [0.15, 0.2) is 11.4 Å². The van der Waals surface area contributed by atoms with E-state index >= 15 is 0 Å². The summed E-state index contributed by atoms with van der Waals surface area (Å²) in [5.41, 5.74) is 2.08. The van der Waals surface area contributed by atoms with Crippen LogP contribution in [0.15, 0.2) is 75.8 Å². The molecule has 4 bridgehead atoms. The highest BCUT2D eigenvalue weighted by Crippen LogP contribution is 2.24. The van der Waals surface area contributed by atoms with E-state index < -0.39 is 29.9 Å². The molecule has 0 spiro atoms. The van der Waals surface area contributed by atoms with Gasteiger partial charge in [0, 0.05) is 13.1 Å². The number of nitrogens with zero attached hydrogens (tertiary/aromatic N) is 3. The first kappa shape index (κ1) is 30.7. The van der Waals surface area contributed by atoms with Gasteiger partial charge in [-0.15, -0.1) is 0 Å². The number of carbonyl (C=O) groups is 3. The van der Waals surface area contributed by atoms with E-state index in [1.807, 2.05) is 79.4 Å². The number of rotatable bonds is 5. The third kappa shape index (κ3) is 7.59. The van der Waals surface area contributed by atoms with E-state index in [0.29, 0.717) is 25.3 Å². The molecule has 0 fully saturated rings. The van der Waals surface area contributed by atoms with Crippen molar-refractivity contribution in [3.05, 3.63) is 107 Å². The fourth-order valence-electron chi connectivity index (χ4n) is 5.26. The van der Waals surface area contributed by atoms with E-state index in [2.05, 4.69) is 25.9 Å². The molecule has 3 N–H and O–H groups in total. The molecule has 0 saturated heterocycles. The van der Waals surface area contributed by atoms with Crippen molar-refractivity contribution in [2.24, 2.45) is 5.92 Å². The molecule has 3 amide bonds. The highest BCUT2D eigenvalue weighted by Gasteiger charge is 2.29. The molecule has 0 aliphatic carbocycles. The van der Waals surface area contributed by atoms with Crippen molar-refractivity contribution < 1.29 is 23.2 Å². The number of aromatic nitrogens is 2. The Morgan fingerprint density at radius 3 is 2.32 bits per heavy atom. The molecule has 2 aromatic heterocycles. The summed E-state index contributed by atoms with van der Waals surface area (Å²) in [6, 6.07) is 17.8. The molecule has 5 rings (SSSR count). The molecule has 0 unspecified atom stereocenters. The lowest BCUT2D eigenvalue weighted by Crippen LogP contribution is -2.43. The minimum absolute atomic E-state index is 0.0431. The Morgan fingerprint density at radius 1 is 0.909 bits per heavy atom. The van der Waals surface area contributed by atoms with Crippen molar-refractivity contribution in [2.45, 2.75) is 58.8 Å². The molecule has 230 valence electrons. The normalized spacial score (nSPS) is 20.4. The molecule has 3 atom stereocenters. The topological polar surface area (TPSA) is 143 Å². The second-order valence-electron chi connectivity index (χ2n) is 11.6. The summed E-state index contributed by atoms with van der Waals surface area (Å²) in [4.78, 5) is 51.1. The molecule has 11 nitrogen and oxygen atoms in total. The lowest BCUT2D eigenvalue weighted by Gasteiger charge is -2.29. The molecule has 44 heavy (non-hydrogen) atoms. The average Bonchev–Trinajstić information content (AvgIpc) is 3.64. The maximum atomic E-state index is 13.6. The number of oxazole rings is 2. The summed E-state index contributed by atoms with van der Waals surface area (Å²) in [6.45, 7) is 8.30. The SMILES string of the molecule is Cc1oc2nc1C(=O)N[C@@H](c1ccccc1)CN(Cc1ccccc1)CC(=O)N[C@H](CC(C)C)c1nc(co1)C(=O)N[C@H]2C. The van der Waals surface area contributed by atoms with Crippen molar-refractivity contribution >= 4 is 17.7 Å². The Kier molecular flexibility index (Phi) is 9.54. The zero-order valence-corrected chi connectivity index (χ0v) is 25.4. The Labute approximate surface area is 256 Å². The van der Waals surface area contributed by atoms with Crippen molar-refractivity contribution in [1.29, 1.82) is 0 Å². The molecule has 4 aromatic rings. The van der Waals surface area contributed by atoms with Crippen LogP contribution in [-0.4, -0.2) is 45.7 Å². The van der Waals surface area contributed by atoms with Crippen LogP contribution in [0.1, 0.15) is 95.0 Å². The first-order valence-electron chi connectivity index (χ1n) is 14.8. The van der Waals surface area contributed by atoms with Crippen molar-refractivity contribution in [3.63, 3.8) is 0 Å². The lowest BCUT2D eigenvalue weighted by atomic mass is 10.0. The zero-order chi connectivity index (χ0) is 31.2. The van der Waals surface area contributed by atoms with Crippen LogP contribution in [-0.2, 0) is 11.3 Å². The van der Waals surface area contributed by atoms with Gasteiger partial charge < -0.3 is 24.8 Å². The Bertz CT molecular complexity index is 1580. The van der Waals surface area contributed by atoms with Crippen LogP contribution < -0.4 is 16.0 Å². The molecular formula is C33H38N6O5. The van der Waals surface area contributed by atoms with Crippen molar-refractivity contribution in [1.82, 2.24) is 30.8 Å². The summed E-state index contributed by atoms with van der Waals surface area (Å²) in [5, 5.41) is 8.99. The summed E-state index contributed by atoms with van der Waals surface area (Å²) >= 11 is 0. The van der Waals surface area contributed by atoms with Gasteiger partial charge in [-0.25, -0.2) is 9.97 Å². The van der Waals surface area contributed by atoms with Gasteiger partial charge in [0.1, 0.15) is 24.1 Å². The summed E-state index contributed by atoms with van der Waals surface area (Å²) in [7, 11) is 0. The van der Waals surface area contributed by atoms with E-state index in [4.69, 9.17) is 8.83 Å². The molecule has 2 aromatic carbocycles. The highest BCUT2D eigenvalue weighted by atomic mass is 16.4. The number of amides is 3. The number of carbonyl (C=O) groups excluding carboxylic acids is 3. The number of hydrogen-bond acceptors (Lipinski definition) is 8. The van der Waals surface area contributed by atoms with E-state index in [1.165, 1.54) is 6.26 Å². The maximum absolute atomic E-state index is 13.6. The fourth-order valence-corrected chi connectivity index (χ4v) is 5.26. The van der Waals surface area contributed by atoms with E-state index in [-0.39, 0.29) is 41.5 Å². The van der Waals surface area contributed by atoms with Gasteiger partial charge in [-0.1, -0.05) is 74.5 Å². The van der Waals surface area contributed by atoms with Gasteiger partial charge in [-0.05, 0) is 37.3 Å². The lowest BCUT2D eigenvalue weighted by molar-refractivity contribution is -0.123. The standard InChI is InChI=1S/C33H38N6O5/c1-20(2)15-25-33-37-27(19-43-33)30(41)34-21(3)32-38-29(22(4)44-32)31(42)36-26(24-13-9-6-10-14-24)17-39(18-28(40)35-25)16-23-11-7-5-8-12-23/h5-14,19-21,25-26H,15-18H2,1-4H3,(H,34,41)(H,35,40)(H,36,42)/t21-,25+,26+/m0/s1. The number of benzene rings is 2. The van der Waals surface area contributed by atoms with Gasteiger partial charge in [0.25, 0.3) is 11.8 Å². The Morgan fingerprint density at radius 2 is 1.61 bits per heavy atom. The maximum Gasteiger partial charge on any atom is 0.274 e. The van der Waals surface area contributed by atoms with Crippen LogP contribution in [0.3, 0.4) is 0 Å². The van der Waals surface area contributed by atoms with Gasteiger partial charge in [0.2, 0.25) is 17.7 Å². The molecule has 1 aliphatic rings. The number of aryl methyl sites for hydroxylation is 1. The average molecular weight is 599 g/mol. The predicted molar refractivity (Wildman–Crippen MR) is 162 cm³/mol. The van der Waals surface area contributed by atoms with Crippen LogP contribution in [0.25, 0.3) is 0 Å². The summed E-state index contributed by atoms with van der Waals surface area (Å²) in [6.07, 6.45) is 1.83. The third-order valence-corrected chi connectivity index (χ3v) is 7.41. The van der Waals surface area contributed by atoms with Gasteiger partial charge in [-0.2, -0.15) is 0 Å². The summed E-state index contributed by atoms with van der Waals surface area (Å²) in [5.74, 6) is -0.175. The summed E-state index contributed by atoms with van der Waals surface area (Å²) < 4.78 is 11.5. The molecule has 11 heteroatoms. The minimum atomic E-state index is -0.653. The Hall–Kier alpha value is -4.77. The number of hydrogen-bond donors (Lipinski definition) is 3. The van der Waals surface area contributed by atoms with Gasteiger partial charge in [-0.3, -0.25) is 19.3 Å². The zero-order valence-electron chi connectivity index (χ0n) is 25.4. The fraction of sp³-hybridized carbons (Fsp3) is 0.364. The molecular weight excluding hydrogens is 560 g/mol. The molecule has 1 aliphatic heterocycles. The predicted octanol–water partition coefficient (Wildman–Crippen LogP) is 4.65. The molecule has 0 saturated carbocycles. The van der Waals surface area contributed by atoms with E-state index in [0.717, 1.165) is 11.1 Å². The second kappa shape index (κ2) is 13.7. The van der Waals surface area contributed by atoms with Crippen molar-refractivity contribution in [3.8, 4) is 0 Å². The molecule has 3 heterocycles. The number of nitrogens with one attached hydrogen (secondary N) is 3.